The number of hydrogen-bond acceptors (Lipinski definition) is 3. The molecule has 114 valence electrons. The molecular formula is C16H14FNO3S. The number of anilines is 1. The van der Waals surface area contributed by atoms with Crippen LogP contribution in [0.1, 0.15) is 15.9 Å². The summed E-state index contributed by atoms with van der Waals surface area (Å²) < 4.78 is 37.9. The Labute approximate surface area is 128 Å². The van der Waals surface area contributed by atoms with E-state index in [4.69, 9.17) is 0 Å². The normalized spacial score (nSPS) is 11.5. The highest BCUT2D eigenvalue weighted by molar-refractivity contribution is 7.92. The van der Waals surface area contributed by atoms with Gasteiger partial charge in [-0.2, -0.15) is 0 Å². The van der Waals surface area contributed by atoms with E-state index in [1.165, 1.54) is 42.5 Å². The van der Waals surface area contributed by atoms with Gasteiger partial charge in [-0.05, 0) is 42.5 Å². The van der Waals surface area contributed by atoms with Crippen LogP contribution in [0.5, 0.6) is 0 Å². The van der Waals surface area contributed by atoms with E-state index < -0.39 is 15.8 Å². The van der Waals surface area contributed by atoms with Crippen molar-refractivity contribution in [2.45, 2.75) is 0 Å². The van der Waals surface area contributed by atoms with Crippen LogP contribution >= 0.6 is 0 Å². The molecule has 0 heterocycles. The molecule has 6 heteroatoms. The maximum absolute atomic E-state index is 13.4. The number of halogens is 1. The van der Waals surface area contributed by atoms with Crippen LogP contribution in [-0.2, 0) is 10.0 Å². The van der Waals surface area contributed by atoms with Crippen LogP contribution in [-0.4, -0.2) is 20.5 Å². The molecule has 22 heavy (non-hydrogen) atoms. The lowest BCUT2D eigenvalue weighted by Crippen LogP contribution is -2.09. The van der Waals surface area contributed by atoms with Crippen LogP contribution < -0.4 is 4.72 Å². The van der Waals surface area contributed by atoms with Gasteiger partial charge in [0.05, 0.1) is 6.26 Å². The van der Waals surface area contributed by atoms with Gasteiger partial charge in [-0.25, -0.2) is 12.8 Å². The highest BCUT2D eigenvalue weighted by atomic mass is 32.2. The molecular weight excluding hydrogens is 305 g/mol. The standard InChI is InChI=1S/C16H14FNO3S/c1-22(20,21)18-14-9-6-13(7-10-14)16(19)11-8-12-4-2-3-5-15(12)17/h2-11,18H,1H3/b11-8-. The van der Waals surface area contributed by atoms with Crippen molar-refractivity contribution in [1.82, 2.24) is 0 Å². The van der Waals surface area contributed by atoms with E-state index in [9.17, 15) is 17.6 Å². The lowest BCUT2D eigenvalue weighted by Gasteiger charge is -2.04. The second-order valence-electron chi connectivity index (χ2n) is 4.67. The number of allylic oxidation sites excluding steroid dienone is 1. The first-order chi connectivity index (χ1) is 10.3. The molecule has 0 bridgehead atoms. The third-order valence-electron chi connectivity index (χ3n) is 2.79. The second kappa shape index (κ2) is 6.53. The summed E-state index contributed by atoms with van der Waals surface area (Å²) in [5, 5.41) is 0. The second-order valence-corrected chi connectivity index (χ2v) is 6.42. The largest absolute Gasteiger partial charge is 0.289 e. The molecule has 0 aliphatic carbocycles. The minimum absolute atomic E-state index is 0.297. The zero-order chi connectivity index (χ0) is 16.2. The molecule has 0 saturated carbocycles. The predicted octanol–water partition coefficient (Wildman–Crippen LogP) is 3.09. The highest BCUT2D eigenvalue weighted by Gasteiger charge is 2.05. The number of benzene rings is 2. The van der Waals surface area contributed by atoms with Gasteiger partial charge in [-0.1, -0.05) is 18.2 Å². The Hall–Kier alpha value is -2.47. The van der Waals surface area contributed by atoms with Crippen molar-refractivity contribution < 1.29 is 17.6 Å². The summed E-state index contributed by atoms with van der Waals surface area (Å²) in [4.78, 5) is 12.0. The number of nitrogens with one attached hydrogen (secondary N) is 1. The summed E-state index contributed by atoms with van der Waals surface area (Å²) in [6.07, 6.45) is 3.72. The zero-order valence-electron chi connectivity index (χ0n) is 11.8. The Balaban J connectivity index is 2.12. The lowest BCUT2D eigenvalue weighted by molar-refractivity contribution is 0.104. The van der Waals surface area contributed by atoms with E-state index in [-0.39, 0.29) is 5.78 Å². The highest BCUT2D eigenvalue weighted by Crippen LogP contribution is 2.13. The Bertz CT molecular complexity index is 812. The molecule has 0 aliphatic heterocycles. The van der Waals surface area contributed by atoms with Crippen molar-refractivity contribution in [2.24, 2.45) is 0 Å². The molecule has 0 amide bonds. The van der Waals surface area contributed by atoms with Crippen LogP contribution in [0.3, 0.4) is 0 Å². The van der Waals surface area contributed by atoms with E-state index in [0.717, 1.165) is 6.26 Å². The fraction of sp³-hybridized carbons (Fsp3) is 0.0625. The minimum Gasteiger partial charge on any atom is -0.289 e. The molecule has 0 unspecified atom stereocenters. The van der Waals surface area contributed by atoms with Gasteiger partial charge in [0, 0.05) is 16.8 Å². The number of ketones is 1. The Morgan fingerprint density at radius 1 is 1.09 bits per heavy atom. The summed E-state index contributed by atoms with van der Waals surface area (Å²) in [5.41, 5.74) is 1.08. The van der Waals surface area contributed by atoms with Crippen LogP contribution in [0.2, 0.25) is 0 Å². The number of carbonyl (C=O) groups is 1. The average Bonchev–Trinajstić information content (AvgIpc) is 2.45. The number of sulfonamides is 1. The molecule has 2 rings (SSSR count). The SMILES string of the molecule is CS(=O)(=O)Nc1ccc(C(=O)/C=C\c2ccccc2F)cc1. The van der Waals surface area contributed by atoms with Crippen molar-refractivity contribution >= 4 is 27.6 Å². The van der Waals surface area contributed by atoms with Crippen LogP contribution in [0.15, 0.2) is 54.6 Å². The summed E-state index contributed by atoms with van der Waals surface area (Å²) in [7, 11) is -3.35. The summed E-state index contributed by atoms with van der Waals surface area (Å²) >= 11 is 0. The molecule has 0 spiro atoms. The predicted molar refractivity (Wildman–Crippen MR) is 84.7 cm³/mol. The molecule has 2 aromatic rings. The number of hydrogen-bond donors (Lipinski definition) is 1. The van der Waals surface area contributed by atoms with Gasteiger partial charge < -0.3 is 0 Å². The first-order valence-electron chi connectivity index (χ1n) is 6.40. The van der Waals surface area contributed by atoms with Gasteiger partial charge in [0.2, 0.25) is 10.0 Å². The summed E-state index contributed by atoms with van der Waals surface area (Å²) in [5.74, 6) is -0.701. The molecule has 0 fully saturated rings. The topological polar surface area (TPSA) is 63.2 Å². The maximum atomic E-state index is 13.4. The first-order valence-corrected chi connectivity index (χ1v) is 8.29. The maximum Gasteiger partial charge on any atom is 0.229 e. The van der Waals surface area contributed by atoms with Crippen LogP contribution in [0.4, 0.5) is 10.1 Å². The van der Waals surface area contributed by atoms with Gasteiger partial charge in [-0.3, -0.25) is 9.52 Å². The molecule has 0 aliphatic rings. The van der Waals surface area contributed by atoms with Gasteiger partial charge in [-0.15, -0.1) is 0 Å². The smallest absolute Gasteiger partial charge is 0.229 e. The molecule has 0 atom stereocenters. The van der Waals surface area contributed by atoms with Gasteiger partial charge in [0.25, 0.3) is 0 Å². The third kappa shape index (κ3) is 4.53. The quantitative estimate of drug-likeness (QED) is 0.680. The van der Waals surface area contributed by atoms with Crippen molar-refractivity contribution in [3.05, 3.63) is 71.6 Å². The fourth-order valence-electron chi connectivity index (χ4n) is 1.79. The summed E-state index contributed by atoms with van der Waals surface area (Å²) in [6.45, 7) is 0. The van der Waals surface area contributed by atoms with Crippen molar-refractivity contribution in [1.29, 1.82) is 0 Å². The lowest BCUT2D eigenvalue weighted by atomic mass is 10.1. The molecule has 0 radical (unpaired) electrons. The number of rotatable bonds is 5. The monoisotopic (exact) mass is 319 g/mol. The van der Waals surface area contributed by atoms with Gasteiger partial charge in [0.15, 0.2) is 5.78 Å². The van der Waals surface area contributed by atoms with Gasteiger partial charge >= 0.3 is 0 Å². The number of carbonyl (C=O) groups excluding carboxylic acids is 1. The van der Waals surface area contributed by atoms with E-state index in [2.05, 4.69) is 4.72 Å². The first kappa shape index (κ1) is 15.9. The van der Waals surface area contributed by atoms with E-state index in [1.807, 2.05) is 0 Å². The Morgan fingerprint density at radius 3 is 2.32 bits per heavy atom. The van der Waals surface area contributed by atoms with E-state index >= 15 is 0 Å². The van der Waals surface area contributed by atoms with E-state index in [1.54, 1.807) is 18.2 Å². The fourth-order valence-corrected chi connectivity index (χ4v) is 2.35. The Morgan fingerprint density at radius 2 is 1.73 bits per heavy atom. The molecule has 0 saturated heterocycles. The van der Waals surface area contributed by atoms with Gasteiger partial charge in [0.1, 0.15) is 5.82 Å². The van der Waals surface area contributed by atoms with Crippen molar-refractivity contribution in [3.63, 3.8) is 0 Å². The van der Waals surface area contributed by atoms with Crippen LogP contribution in [0.25, 0.3) is 6.08 Å². The van der Waals surface area contributed by atoms with Crippen molar-refractivity contribution in [2.75, 3.05) is 11.0 Å². The molecule has 0 aromatic heterocycles. The Kier molecular flexibility index (Phi) is 4.72. The van der Waals surface area contributed by atoms with Crippen LogP contribution in [0, 0.1) is 5.82 Å². The third-order valence-corrected chi connectivity index (χ3v) is 3.40. The molecule has 1 N–H and O–H groups in total. The summed E-state index contributed by atoms with van der Waals surface area (Å²) in [6, 6.07) is 12.1. The molecule has 2 aromatic carbocycles. The van der Waals surface area contributed by atoms with E-state index in [0.29, 0.717) is 16.8 Å². The minimum atomic E-state index is -3.35. The van der Waals surface area contributed by atoms with Crippen molar-refractivity contribution in [3.8, 4) is 0 Å². The molecule has 4 nitrogen and oxygen atoms in total. The average molecular weight is 319 g/mol. The zero-order valence-corrected chi connectivity index (χ0v) is 12.6.